The normalized spacial score (nSPS) is 15.8. The third kappa shape index (κ3) is 2.76. The summed E-state index contributed by atoms with van der Waals surface area (Å²) in [6.07, 6.45) is 4.01. The quantitative estimate of drug-likeness (QED) is 0.784. The van der Waals surface area contributed by atoms with Gasteiger partial charge in [0.1, 0.15) is 18.8 Å². The number of nitrogens with zero attached hydrogens (tertiary/aromatic N) is 4. The molecule has 1 atom stereocenters. The molecule has 120 valence electrons. The number of nitrogens with one attached hydrogen (secondary N) is 1. The summed E-state index contributed by atoms with van der Waals surface area (Å²) in [6.45, 7) is 0.139. The Kier molecular flexibility index (Phi) is 3.54. The summed E-state index contributed by atoms with van der Waals surface area (Å²) in [4.78, 5) is 20.5. The average Bonchev–Trinajstić information content (AvgIpc) is 3.16. The van der Waals surface area contributed by atoms with E-state index >= 15 is 0 Å². The maximum Gasteiger partial charge on any atom is 0.270 e. The van der Waals surface area contributed by atoms with Gasteiger partial charge in [0, 0.05) is 18.5 Å². The number of hydrogen-bond donors (Lipinski definition) is 1. The van der Waals surface area contributed by atoms with Crippen molar-refractivity contribution in [2.24, 2.45) is 0 Å². The van der Waals surface area contributed by atoms with Crippen LogP contribution >= 0.6 is 0 Å². The minimum absolute atomic E-state index is 0.139. The second-order valence-corrected chi connectivity index (χ2v) is 5.07. The second kappa shape index (κ2) is 5.99. The van der Waals surface area contributed by atoms with Gasteiger partial charge in [-0.3, -0.25) is 4.79 Å². The first-order chi connectivity index (χ1) is 11.8. The molecule has 0 fully saturated rings. The van der Waals surface area contributed by atoms with Crippen LogP contribution in [0, 0.1) is 0 Å². The first-order valence-electron chi connectivity index (χ1n) is 7.31. The van der Waals surface area contributed by atoms with E-state index in [4.69, 9.17) is 9.47 Å². The van der Waals surface area contributed by atoms with E-state index in [9.17, 15) is 4.79 Å². The lowest BCUT2D eigenvalue weighted by Crippen LogP contribution is -2.40. The molecule has 0 bridgehead atoms. The Morgan fingerprint density at radius 3 is 2.92 bits per heavy atom. The number of ether oxygens (including phenoxy) is 2. The highest BCUT2D eigenvalue weighted by Crippen LogP contribution is 2.31. The molecule has 0 saturated carbocycles. The van der Waals surface area contributed by atoms with E-state index in [0.717, 1.165) is 0 Å². The lowest BCUT2D eigenvalue weighted by Gasteiger charge is -2.25. The van der Waals surface area contributed by atoms with Crippen molar-refractivity contribution in [1.29, 1.82) is 0 Å². The van der Waals surface area contributed by atoms with Crippen LogP contribution in [0.3, 0.4) is 0 Å². The molecule has 1 aliphatic rings. The summed E-state index contributed by atoms with van der Waals surface area (Å²) < 4.78 is 12.8. The van der Waals surface area contributed by atoms with Crippen LogP contribution in [0.4, 0.5) is 5.82 Å². The summed E-state index contributed by atoms with van der Waals surface area (Å²) in [5.74, 6) is 1.75. The molecule has 2 aromatic heterocycles. The molecule has 3 aromatic rings. The molecule has 1 aliphatic heterocycles. The number of para-hydroxylation sites is 2. The average molecular weight is 323 g/mol. The molecular formula is C16H13N5O3. The number of hydrogen-bond acceptors (Lipinski definition) is 6. The Hall–Kier alpha value is -3.42. The molecule has 0 unspecified atom stereocenters. The summed E-state index contributed by atoms with van der Waals surface area (Å²) in [5, 5.41) is 6.80. The van der Waals surface area contributed by atoms with Crippen LogP contribution in [-0.2, 0) is 4.79 Å². The van der Waals surface area contributed by atoms with Gasteiger partial charge in [-0.1, -0.05) is 12.1 Å². The van der Waals surface area contributed by atoms with E-state index in [-0.39, 0.29) is 12.5 Å². The molecular weight excluding hydrogens is 310 g/mol. The number of carbonyl (C=O) groups excluding carboxylic acids is 1. The number of aromatic nitrogens is 4. The van der Waals surface area contributed by atoms with Crippen molar-refractivity contribution < 1.29 is 14.3 Å². The van der Waals surface area contributed by atoms with Crippen molar-refractivity contribution in [3.63, 3.8) is 0 Å². The second-order valence-electron chi connectivity index (χ2n) is 5.07. The smallest absolute Gasteiger partial charge is 0.270 e. The zero-order valence-corrected chi connectivity index (χ0v) is 12.5. The fourth-order valence-corrected chi connectivity index (χ4v) is 2.30. The first-order valence-corrected chi connectivity index (χ1v) is 7.31. The fraction of sp³-hybridized carbons (Fsp3) is 0.125. The highest BCUT2D eigenvalue weighted by molar-refractivity contribution is 5.94. The summed E-state index contributed by atoms with van der Waals surface area (Å²) in [6, 6.07) is 10.6. The minimum Gasteiger partial charge on any atom is -0.485 e. The number of carbonyl (C=O) groups is 1. The van der Waals surface area contributed by atoms with Crippen molar-refractivity contribution >= 4 is 11.7 Å². The van der Waals surface area contributed by atoms with Gasteiger partial charge >= 0.3 is 0 Å². The Labute approximate surface area is 137 Å². The van der Waals surface area contributed by atoms with Crippen LogP contribution in [0.1, 0.15) is 0 Å². The molecule has 0 radical (unpaired) electrons. The SMILES string of the molecule is O=C(Nc1cc(-n2cccn2)ncn1)[C@@H]1COc2ccccc2O1. The van der Waals surface area contributed by atoms with Gasteiger partial charge in [-0.15, -0.1) is 0 Å². The fourth-order valence-electron chi connectivity index (χ4n) is 2.30. The van der Waals surface area contributed by atoms with Crippen molar-refractivity contribution in [1.82, 2.24) is 19.7 Å². The van der Waals surface area contributed by atoms with Gasteiger partial charge in [-0.2, -0.15) is 5.10 Å². The van der Waals surface area contributed by atoms with Crippen LogP contribution < -0.4 is 14.8 Å². The predicted octanol–water partition coefficient (Wildman–Crippen LogP) is 1.44. The lowest BCUT2D eigenvalue weighted by atomic mass is 10.2. The highest BCUT2D eigenvalue weighted by Gasteiger charge is 2.27. The van der Waals surface area contributed by atoms with E-state index in [0.29, 0.717) is 23.1 Å². The summed E-state index contributed by atoms with van der Waals surface area (Å²) >= 11 is 0. The lowest BCUT2D eigenvalue weighted by molar-refractivity contribution is -0.125. The molecule has 0 saturated heterocycles. The van der Waals surface area contributed by atoms with Crippen LogP contribution in [0.2, 0.25) is 0 Å². The number of fused-ring (bicyclic) bond motifs is 1. The summed E-state index contributed by atoms with van der Waals surface area (Å²) in [5.41, 5.74) is 0. The van der Waals surface area contributed by atoms with Crippen molar-refractivity contribution in [2.75, 3.05) is 11.9 Å². The third-order valence-electron chi connectivity index (χ3n) is 3.44. The number of amides is 1. The molecule has 1 amide bonds. The van der Waals surface area contributed by atoms with Gasteiger partial charge in [0.2, 0.25) is 6.10 Å². The monoisotopic (exact) mass is 323 g/mol. The Morgan fingerprint density at radius 1 is 1.21 bits per heavy atom. The molecule has 4 rings (SSSR count). The summed E-state index contributed by atoms with van der Waals surface area (Å²) in [7, 11) is 0. The molecule has 1 N–H and O–H groups in total. The maximum absolute atomic E-state index is 12.4. The van der Waals surface area contributed by atoms with E-state index in [1.807, 2.05) is 12.1 Å². The van der Waals surface area contributed by atoms with E-state index in [1.54, 1.807) is 41.3 Å². The molecule has 8 nitrogen and oxygen atoms in total. The number of rotatable bonds is 3. The largest absolute Gasteiger partial charge is 0.485 e. The molecule has 3 heterocycles. The highest BCUT2D eigenvalue weighted by atomic mass is 16.6. The van der Waals surface area contributed by atoms with Gasteiger partial charge in [-0.25, -0.2) is 14.6 Å². The topological polar surface area (TPSA) is 91.2 Å². The number of anilines is 1. The first kappa shape index (κ1) is 14.2. The van der Waals surface area contributed by atoms with Gasteiger partial charge < -0.3 is 14.8 Å². The molecule has 24 heavy (non-hydrogen) atoms. The minimum atomic E-state index is -0.747. The Balaban J connectivity index is 1.48. The van der Waals surface area contributed by atoms with Gasteiger partial charge in [0.05, 0.1) is 0 Å². The van der Waals surface area contributed by atoms with Crippen LogP contribution in [-0.4, -0.2) is 38.4 Å². The third-order valence-corrected chi connectivity index (χ3v) is 3.44. The van der Waals surface area contributed by atoms with Crippen molar-refractivity contribution in [2.45, 2.75) is 6.10 Å². The van der Waals surface area contributed by atoms with E-state index < -0.39 is 6.10 Å². The molecule has 8 heteroatoms. The van der Waals surface area contributed by atoms with Crippen molar-refractivity contribution in [3.05, 3.63) is 55.1 Å². The van der Waals surface area contributed by atoms with Crippen LogP contribution in [0.5, 0.6) is 11.5 Å². The van der Waals surface area contributed by atoms with Crippen molar-refractivity contribution in [3.8, 4) is 17.3 Å². The van der Waals surface area contributed by atoms with Gasteiger partial charge in [0.25, 0.3) is 5.91 Å². The van der Waals surface area contributed by atoms with Crippen LogP contribution in [0.25, 0.3) is 5.82 Å². The van der Waals surface area contributed by atoms with E-state index in [2.05, 4.69) is 20.4 Å². The zero-order chi connectivity index (χ0) is 16.4. The Bertz CT molecular complexity index is 866. The van der Waals surface area contributed by atoms with Crippen LogP contribution in [0.15, 0.2) is 55.1 Å². The standard InChI is InChI=1S/C16H13N5O3/c22-16(13-9-23-11-4-1-2-5-12(11)24-13)20-14-8-15(18-10-17-14)21-7-3-6-19-21/h1-8,10,13H,9H2,(H,17,18,20,22)/t13-/m0/s1. The number of benzene rings is 1. The predicted molar refractivity (Wildman–Crippen MR) is 84.1 cm³/mol. The van der Waals surface area contributed by atoms with Gasteiger partial charge in [-0.05, 0) is 18.2 Å². The Morgan fingerprint density at radius 2 is 2.08 bits per heavy atom. The van der Waals surface area contributed by atoms with Gasteiger partial charge in [0.15, 0.2) is 17.3 Å². The molecule has 0 spiro atoms. The molecule has 1 aromatic carbocycles. The zero-order valence-electron chi connectivity index (χ0n) is 12.5. The van der Waals surface area contributed by atoms with E-state index in [1.165, 1.54) is 6.33 Å². The molecule has 0 aliphatic carbocycles. The maximum atomic E-state index is 12.4.